The third kappa shape index (κ3) is 1.46. The maximum Gasteiger partial charge on any atom is 0.0480 e. The summed E-state index contributed by atoms with van der Waals surface area (Å²) in [7, 11) is 2.09. The molecule has 0 saturated carbocycles. The Morgan fingerprint density at radius 2 is 2.07 bits per heavy atom. The first-order chi connectivity index (χ1) is 6.68. The summed E-state index contributed by atoms with van der Waals surface area (Å²) >= 11 is 0. The molecule has 1 aromatic heterocycles. The second-order valence-electron chi connectivity index (χ2n) is 3.92. The lowest BCUT2D eigenvalue weighted by Crippen LogP contribution is -1.83. The monoisotopic (exact) mass is 185 g/mol. The van der Waals surface area contributed by atoms with Gasteiger partial charge in [0.1, 0.15) is 0 Å². The Morgan fingerprint density at radius 3 is 2.79 bits per heavy atom. The van der Waals surface area contributed by atoms with Crippen LogP contribution in [0.1, 0.15) is 12.5 Å². The molecule has 0 N–H and O–H groups in total. The van der Waals surface area contributed by atoms with Gasteiger partial charge in [0.2, 0.25) is 0 Å². The molecule has 0 spiro atoms. The second-order valence-corrected chi connectivity index (χ2v) is 3.92. The topological polar surface area (TPSA) is 4.93 Å². The second kappa shape index (κ2) is 3.33. The highest BCUT2D eigenvalue weighted by molar-refractivity contribution is 5.84. The van der Waals surface area contributed by atoms with Crippen LogP contribution in [0.25, 0.3) is 10.9 Å². The minimum atomic E-state index is 0.974. The van der Waals surface area contributed by atoms with E-state index in [9.17, 15) is 0 Å². The predicted molar refractivity (Wildman–Crippen MR) is 61.4 cm³/mol. The Hall–Kier alpha value is -1.50. The molecular weight excluding hydrogens is 170 g/mol. The molecule has 0 radical (unpaired) electrons. The van der Waals surface area contributed by atoms with Crippen molar-refractivity contribution in [2.45, 2.75) is 13.3 Å². The molecule has 0 aliphatic heterocycles. The van der Waals surface area contributed by atoms with Crippen molar-refractivity contribution in [2.75, 3.05) is 0 Å². The molecule has 0 atom stereocenters. The van der Waals surface area contributed by atoms with Crippen molar-refractivity contribution >= 4 is 10.9 Å². The van der Waals surface area contributed by atoms with Crippen molar-refractivity contribution in [3.05, 3.63) is 48.2 Å². The van der Waals surface area contributed by atoms with Crippen molar-refractivity contribution in [2.24, 2.45) is 7.05 Å². The lowest BCUT2D eigenvalue weighted by atomic mass is 10.1. The summed E-state index contributed by atoms with van der Waals surface area (Å²) in [5.74, 6) is 0. The van der Waals surface area contributed by atoms with Crippen molar-refractivity contribution in [3.8, 4) is 0 Å². The molecule has 1 aromatic carbocycles. The van der Waals surface area contributed by atoms with Crippen LogP contribution in [0.3, 0.4) is 0 Å². The largest absolute Gasteiger partial charge is 0.350 e. The maximum atomic E-state index is 3.96. The highest BCUT2D eigenvalue weighted by atomic mass is 14.9. The van der Waals surface area contributed by atoms with E-state index in [0.29, 0.717) is 0 Å². The summed E-state index contributed by atoms with van der Waals surface area (Å²) in [5.41, 5.74) is 3.88. The van der Waals surface area contributed by atoms with Gasteiger partial charge in [-0.1, -0.05) is 30.4 Å². The van der Waals surface area contributed by atoms with Crippen molar-refractivity contribution in [1.82, 2.24) is 4.57 Å². The maximum absolute atomic E-state index is 3.96. The van der Waals surface area contributed by atoms with E-state index in [1.54, 1.807) is 0 Å². The van der Waals surface area contributed by atoms with E-state index in [-0.39, 0.29) is 0 Å². The van der Waals surface area contributed by atoms with Gasteiger partial charge in [-0.05, 0) is 25.0 Å². The average Bonchev–Trinajstić information content (AvgIpc) is 2.44. The standard InChI is InChI=1S/C13H15N/c1-10(2)8-11-9-14(3)13-7-5-4-6-12(11)13/h4-7,9H,1,8H2,2-3H3. The number of rotatable bonds is 2. The first-order valence-electron chi connectivity index (χ1n) is 4.86. The van der Waals surface area contributed by atoms with Crippen LogP contribution < -0.4 is 0 Å². The molecule has 2 rings (SSSR count). The molecule has 1 heterocycles. The van der Waals surface area contributed by atoms with E-state index >= 15 is 0 Å². The van der Waals surface area contributed by atoms with Gasteiger partial charge in [0.25, 0.3) is 0 Å². The zero-order valence-electron chi connectivity index (χ0n) is 8.75. The van der Waals surface area contributed by atoms with Crippen molar-refractivity contribution in [1.29, 1.82) is 0 Å². The molecule has 1 heteroatoms. The Balaban J connectivity index is 2.60. The fourth-order valence-corrected chi connectivity index (χ4v) is 1.89. The third-order valence-electron chi connectivity index (χ3n) is 2.47. The van der Waals surface area contributed by atoms with E-state index in [1.165, 1.54) is 22.0 Å². The Kier molecular flexibility index (Phi) is 2.16. The van der Waals surface area contributed by atoms with E-state index in [0.717, 1.165) is 6.42 Å². The molecule has 2 aromatic rings. The molecule has 0 saturated heterocycles. The zero-order valence-corrected chi connectivity index (χ0v) is 8.75. The van der Waals surface area contributed by atoms with Crippen LogP contribution >= 0.6 is 0 Å². The summed E-state index contributed by atoms with van der Waals surface area (Å²) in [4.78, 5) is 0. The zero-order chi connectivity index (χ0) is 10.1. The molecule has 0 bridgehead atoms. The first kappa shape index (κ1) is 9.07. The fourth-order valence-electron chi connectivity index (χ4n) is 1.89. The van der Waals surface area contributed by atoms with Gasteiger partial charge in [-0.25, -0.2) is 0 Å². The number of hydrogen-bond donors (Lipinski definition) is 0. The Labute approximate surface area is 84.7 Å². The van der Waals surface area contributed by atoms with Gasteiger partial charge in [-0.2, -0.15) is 0 Å². The van der Waals surface area contributed by atoms with Crippen LogP contribution in [-0.4, -0.2) is 4.57 Å². The molecular formula is C13H15N. The van der Waals surface area contributed by atoms with Gasteiger partial charge >= 0.3 is 0 Å². The predicted octanol–water partition coefficient (Wildman–Crippen LogP) is 3.30. The van der Waals surface area contributed by atoms with Crippen LogP contribution in [0.5, 0.6) is 0 Å². The third-order valence-corrected chi connectivity index (χ3v) is 2.47. The van der Waals surface area contributed by atoms with Crippen LogP contribution in [0.4, 0.5) is 0 Å². The van der Waals surface area contributed by atoms with Gasteiger partial charge in [-0.15, -0.1) is 0 Å². The van der Waals surface area contributed by atoms with E-state index in [2.05, 4.69) is 55.6 Å². The summed E-state index contributed by atoms with van der Waals surface area (Å²) < 4.78 is 2.17. The molecule has 72 valence electrons. The molecule has 0 amide bonds. The van der Waals surface area contributed by atoms with Gasteiger partial charge in [0.15, 0.2) is 0 Å². The van der Waals surface area contributed by atoms with Crippen LogP contribution in [0, 0.1) is 0 Å². The summed E-state index contributed by atoms with van der Waals surface area (Å²) in [6, 6.07) is 8.49. The lowest BCUT2D eigenvalue weighted by molar-refractivity contribution is 0.956. The van der Waals surface area contributed by atoms with Gasteiger partial charge in [-0.3, -0.25) is 0 Å². The van der Waals surface area contributed by atoms with Gasteiger partial charge in [0, 0.05) is 24.1 Å². The molecule has 0 aliphatic carbocycles. The number of hydrogen-bond acceptors (Lipinski definition) is 0. The Morgan fingerprint density at radius 1 is 1.36 bits per heavy atom. The number of para-hydroxylation sites is 1. The van der Waals surface area contributed by atoms with E-state index in [1.807, 2.05) is 0 Å². The summed E-state index contributed by atoms with van der Waals surface area (Å²) in [6.07, 6.45) is 3.17. The molecule has 0 unspecified atom stereocenters. The van der Waals surface area contributed by atoms with Crippen LogP contribution in [-0.2, 0) is 13.5 Å². The number of aryl methyl sites for hydroxylation is 1. The first-order valence-corrected chi connectivity index (χ1v) is 4.86. The number of benzene rings is 1. The number of nitrogens with zero attached hydrogens (tertiary/aromatic N) is 1. The lowest BCUT2D eigenvalue weighted by Gasteiger charge is -1.96. The van der Waals surface area contributed by atoms with E-state index in [4.69, 9.17) is 0 Å². The molecule has 1 nitrogen and oxygen atoms in total. The quantitative estimate of drug-likeness (QED) is 0.633. The minimum absolute atomic E-state index is 0.974. The van der Waals surface area contributed by atoms with E-state index < -0.39 is 0 Å². The summed E-state index contributed by atoms with van der Waals surface area (Å²) in [6.45, 7) is 6.03. The molecule has 14 heavy (non-hydrogen) atoms. The van der Waals surface area contributed by atoms with Crippen LogP contribution in [0.2, 0.25) is 0 Å². The SMILES string of the molecule is C=C(C)Cc1cn(C)c2ccccc12. The normalized spacial score (nSPS) is 10.7. The smallest absolute Gasteiger partial charge is 0.0480 e. The average molecular weight is 185 g/mol. The molecule has 0 fully saturated rings. The number of aromatic nitrogens is 1. The van der Waals surface area contributed by atoms with Gasteiger partial charge < -0.3 is 4.57 Å². The highest BCUT2D eigenvalue weighted by Gasteiger charge is 2.04. The van der Waals surface area contributed by atoms with Crippen molar-refractivity contribution < 1.29 is 0 Å². The minimum Gasteiger partial charge on any atom is -0.350 e. The number of fused-ring (bicyclic) bond motifs is 1. The number of allylic oxidation sites excluding steroid dienone is 1. The fraction of sp³-hybridized carbons (Fsp3) is 0.231. The van der Waals surface area contributed by atoms with Crippen molar-refractivity contribution in [3.63, 3.8) is 0 Å². The van der Waals surface area contributed by atoms with Crippen LogP contribution in [0.15, 0.2) is 42.6 Å². The summed E-state index contributed by atoms with van der Waals surface area (Å²) in [5, 5.41) is 1.35. The van der Waals surface area contributed by atoms with Gasteiger partial charge in [0.05, 0.1) is 0 Å². The molecule has 0 aliphatic rings. The Bertz CT molecular complexity index is 477. The highest BCUT2D eigenvalue weighted by Crippen LogP contribution is 2.21.